The number of fused-ring (bicyclic) bond motifs is 2. The molecule has 0 bridgehead atoms. The van der Waals surface area contributed by atoms with Crippen molar-refractivity contribution < 1.29 is 62.6 Å². The fourth-order valence-electron chi connectivity index (χ4n) is 8.22. The van der Waals surface area contributed by atoms with Gasteiger partial charge in [0.05, 0.1) is 6.42 Å². The third-order valence-corrected chi connectivity index (χ3v) is 12.6. The lowest BCUT2D eigenvalue weighted by atomic mass is 9.85. The number of hydrogen-bond donors (Lipinski definition) is 6. The van der Waals surface area contributed by atoms with Gasteiger partial charge in [0, 0.05) is 108 Å². The molecule has 4 amide bonds. The largest absolute Gasteiger partial charge is 0.481 e. The Bertz CT molecular complexity index is 2730. The topological polar surface area (TPSA) is 260 Å². The third kappa shape index (κ3) is 15.7. The minimum absolute atomic E-state index is 0.0718. The molecule has 0 radical (unpaired) electrons. The van der Waals surface area contributed by atoms with Crippen molar-refractivity contribution in [3.63, 3.8) is 0 Å². The molecule has 4 aromatic rings. The summed E-state index contributed by atoms with van der Waals surface area (Å²) in [6.07, 6.45) is -0.666. The zero-order valence-electron chi connectivity index (χ0n) is 39.8. The van der Waals surface area contributed by atoms with Crippen LogP contribution in [-0.2, 0) is 61.0 Å². The first-order valence-electron chi connectivity index (χ1n) is 22.5. The third-order valence-electron chi connectivity index (χ3n) is 11.5. The molecule has 20 nitrogen and oxygen atoms in total. The highest BCUT2D eigenvalue weighted by Crippen LogP contribution is 2.40. The number of carbonyl (C=O) groups is 8. The number of carboxylic acid groups (broad SMARTS) is 1. The molecule has 4 aliphatic heterocycles. The van der Waals surface area contributed by atoms with Gasteiger partial charge in [-0.1, -0.05) is 70.7 Å². The van der Waals surface area contributed by atoms with Crippen molar-refractivity contribution in [1.82, 2.24) is 26.1 Å². The quantitative estimate of drug-likeness (QED) is 0.0643. The Balaban J connectivity index is 0.000000212. The summed E-state index contributed by atoms with van der Waals surface area (Å²) in [6.45, 7) is 5.96. The maximum atomic E-state index is 12.3. The number of nitrogens with zero attached hydrogens (tertiary/aromatic N) is 2. The Morgan fingerprint density at radius 1 is 0.658 bits per heavy atom. The van der Waals surface area contributed by atoms with E-state index in [-0.39, 0.29) is 44.2 Å². The van der Waals surface area contributed by atoms with E-state index in [2.05, 4.69) is 47.8 Å². The number of amides is 4. The Morgan fingerprint density at radius 2 is 1.07 bits per heavy atom. The van der Waals surface area contributed by atoms with Gasteiger partial charge in [-0.3, -0.25) is 19.2 Å². The van der Waals surface area contributed by atoms with Crippen LogP contribution in [0.1, 0.15) is 78.3 Å². The zero-order valence-corrected chi connectivity index (χ0v) is 42.8. The van der Waals surface area contributed by atoms with Gasteiger partial charge in [0.25, 0.3) is 5.79 Å². The Morgan fingerprint density at radius 3 is 1.45 bits per heavy atom. The molecular formula is C49H51Cl4N7O13. The van der Waals surface area contributed by atoms with Gasteiger partial charge in [0.2, 0.25) is 5.92 Å². The molecule has 4 aromatic carbocycles. The first kappa shape index (κ1) is 55.8. The summed E-state index contributed by atoms with van der Waals surface area (Å²) < 4.78 is 9.91. The Kier molecular flexibility index (Phi) is 19.1. The number of likely N-dealkylation sites (N-methyl/N-ethyl adjacent to an activating group) is 2. The molecule has 2 unspecified atom stereocenters. The zero-order chi connectivity index (χ0) is 53.1. The first-order chi connectivity index (χ1) is 34.5. The van der Waals surface area contributed by atoms with Crippen molar-refractivity contribution in [3.8, 4) is 0 Å². The second-order valence-corrected chi connectivity index (χ2v) is 19.3. The van der Waals surface area contributed by atoms with E-state index in [4.69, 9.17) is 61.0 Å². The van der Waals surface area contributed by atoms with Crippen molar-refractivity contribution in [2.24, 2.45) is 5.92 Å². The molecule has 0 aromatic heterocycles. The second-order valence-electron chi connectivity index (χ2n) is 17.7. The number of esters is 2. The summed E-state index contributed by atoms with van der Waals surface area (Å²) >= 11 is 25.3. The van der Waals surface area contributed by atoms with Crippen LogP contribution >= 0.6 is 46.4 Å². The summed E-state index contributed by atoms with van der Waals surface area (Å²) in [6, 6.07) is 21.5. The van der Waals surface area contributed by atoms with Crippen LogP contribution in [0.25, 0.3) is 0 Å². The van der Waals surface area contributed by atoms with Crippen LogP contribution in [0.15, 0.2) is 72.8 Å². The lowest BCUT2D eigenvalue weighted by Gasteiger charge is -2.33. The molecule has 4 heterocycles. The molecular weight excluding hydrogens is 1040 g/mol. The number of aliphatic carboxylic acids is 1. The molecule has 8 rings (SSSR count). The number of urea groups is 2. The molecule has 6 N–H and O–H groups in total. The van der Waals surface area contributed by atoms with Gasteiger partial charge >= 0.3 is 41.9 Å². The maximum Gasteiger partial charge on any atom is 0.340 e. The van der Waals surface area contributed by atoms with Gasteiger partial charge in [-0.05, 0) is 96.0 Å². The number of carbonyl (C=O) groups excluding carboxylic acids is 7. The first-order valence-corrected chi connectivity index (χ1v) is 24.0. The molecule has 4 aliphatic rings. The number of ether oxygens (including phenoxy) is 2. The minimum Gasteiger partial charge on any atom is -0.481 e. The van der Waals surface area contributed by atoms with Gasteiger partial charge in [-0.2, -0.15) is 0 Å². The van der Waals surface area contributed by atoms with Crippen molar-refractivity contribution in [2.75, 3.05) is 50.9 Å². The number of hydrogen-bond acceptors (Lipinski definition) is 15. The number of benzene rings is 4. The molecule has 2 saturated heterocycles. The van der Waals surface area contributed by atoms with Crippen molar-refractivity contribution in [1.29, 1.82) is 0 Å². The molecule has 73 heavy (non-hydrogen) atoms. The van der Waals surface area contributed by atoms with E-state index in [0.717, 1.165) is 59.6 Å². The smallest absolute Gasteiger partial charge is 0.340 e. The van der Waals surface area contributed by atoms with Crippen LogP contribution in [0.5, 0.6) is 0 Å². The highest BCUT2D eigenvalue weighted by molar-refractivity contribution is 6.36. The maximum absolute atomic E-state index is 12.3. The normalized spacial score (nSPS) is 18.2. The minimum atomic E-state index is -1.64. The molecule has 0 saturated carbocycles. The van der Waals surface area contributed by atoms with E-state index < -0.39 is 59.4 Å². The number of nitrogens with one attached hydrogen (secondary N) is 5. The number of carboxylic acids is 1. The Labute approximate surface area is 439 Å². The van der Waals surface area contributed by atoms with Crippen molar-refractivity contribution >= 4 is 105 Å². The Hall–Kier alpha value is -6.52. The van der Waals surface area contributed by atoms with Crippen LogP contribution in [-0.4, -0.2) is 109 Å². The van der Waals surface area contributed by atoms with Gasteiger partial charge in [0.1, 0.15) is 6.42 Å². The van der Waals surface area contributed by atoms with Crippen molar-refractivity contribution in [3.05, 3.63) is 126 Å². The summed E-state index contributed by atoms with van der Waals surface area (Å²) in [5, 5.41) is 21.6. The standard InChI is InChI=1S/C26H27Cl2N3O6.C20H21Cl2N3O3.C3H3NO4/c1-26(2)36-23(33)22(24(34)37-26)21(32)8-9-29-25(35)30-16-6-4-14(5-7-16)18-12-31(3)13-19-17(18)10-15(27)11-20(19)28;1-25-10-16(15-8-13(21)9-18(22)17(15)11-25)12-2-4-14(5-3-12)24-20(28)23-7-6-19(26)27;5-2-1-3(6)8-4-7-2/h4-7,10-11,18,22H,8-9,12-13H2,1-3H3,(H2,29,30,35);2-5,8-9,16H,6-7,10-11H2,1H3,(H,26,27)(H2,23,24,28);4H,1H2. The fraction of sp³-hybridized carbons (Fsp3) is 0.347. The SMILES string of the molecule is CN1Cc2c(Cl)cc(Cl)cc2C(c2ccc(NC(=O)NCCC(=O)C3C(=O)OC(C)(C)OC3=O)cc2)C1.CN1Cc2c(Cl)cc(Cl)cc2C(c2ccc(NC(=O)NCCC(=O)O)cc2)C1.O=C1CC(=O)ONO1. The highest BCUT2D eigenvalue weighted by Gasteiger charge is 2.46. The van der Waals surface area contributed by atoms with Gasteiger partial charge in [0.15, 0.2) is 5.78 Å². The van der Waals surface area contributed by atoms with Gasteiger partial charge in [-0.15, -0.1) is 0 Å². The van der Waals surface area contributed by atoms with Crippen molar-refractivity contribution in [2.45, 2.75) is 63.8 Å². The number of rotatable bonds is 11. The number of Topliss-reactive ketones (excluding diaryl/α,β-unsaturated/α-hetero) is 1. The number of ketones is 1. The van der Waals surface area contributed by atoms with E-state index in [1.165, 1.54) is 13.8 Å². The van der Waals surface area contributed by atoms with E-state index in [9.17, 15) is 38.4 Å². The van der Waals surface area contributed by atoms with E-state index in [0.29, 0.717) is 31.5 Å². The van der Waals surface area contributed by atoms with Crippen LogP contribution in [0.4, 0.5) is 21.0 Å². The lowest BCUT2D eigenvalue weighted by molar-refractivity contribution is -0.238. The van der Waals surface area contributed by atoms with Gasteiger partial charge < -0.3 is 55.3 Å². The van der Waals surface area contributed by atoms with Gasteiger partial charge in [-0.25, -0.2) is 19.2 Å². The molecule has 2 fully saturated rings. The van der Waals surface area contributed by atoms with Crippen LogP contribution in [0.3, 0.4) is 0 Å². The van der Waals surface area contributed by atoms with Crippen LogP contribution in [0.2, 0.25) is 20.1 Å². The predicted molar refractivity (Wildman–Crippen MR) is 268 cm³/mol. The van der Waals surface area contributed by atoms with E-state index in [1.807, 2.05) is 55.6 Å². The average molecular weight is 1090 g/mol. The highest BCUT2D eigenvalue weighted by atomic mass is 35.5. The van der Waals surface area contributed by atoms with E-state index >= 15 is 0 Å². The number of cyclic esters (lactones) is 2. The monoisotopic (exact) mass is 1090 g/mol. The fourth-order valence-corrected chi connectivity index (χ4v) is 9.36. The molecule has 24 heteroatoms. The van der Waals surface area contributed by atoms with Crippen LogP contribution in [0, 0.1) is 5.92 Å². The molecule has 0 spiro atoms. The summed E-state index contributed by atoms with van der Waals surface area (Å²) in [5.74, 6) is -7.64. The predicted octanol–water partition coefficient (Wildman–Crippen LogP) is 7.17. The second kappa shape index (κ2) is 24.9. The molecule has 2 atom stereocenters. The summed E-state index contributed by atoms with van der Waals surface area (Å²) in [7, 11) is 4.09. The average Bonchev–Trinajstić information content (AvgIpc) is 3.29. The molecule has 388 valence electrons. The van der Waals surface area contributed by atoms with Crippen LogP contribution < -0.4 is 26.9 Å². The van der Waals surface area contributed by atoms with E-state index in [1.54, 1.807) is 29.9 Å². The number of anilines is 2. The molecule has 0 aliphatic carbocycles. The summed E-state index contributed by atoms with van der Waals surface area (Å²) in [5.41, 5.74) is 9.39. The number of halogens is 4. The summed E-state index contributed by atoms with van der Waals surface area (Å²) in [4.78, 5) is 104. The lowest BCUT2D eigenvalue weighted by Crippen LogP contribution is -2.49.